The normalized spacial score (nSPS) is 10.8. The quantitative estimate of drug-likeness (QED) is 0.215. The lowest BCUT2D eigenvalue weighted by atomic mass is 10.0. The number of benzene rings is 3. The Morgan fingerprint density at radius 1 is 0.667 bits per heavy atom. The van der Waals surface area contributed by atoms with Gasteiger partial charge < -0.3 is 24.3 Å². The van der Waals surface area contributed by atoms with E-state index in [1.54, 1.807) is 40.6 Å². The van der Waals surface area contributed by atoms with Crippen LogP contribution in [0.3, 0.4) is 0 Å². The number of hydrogen-bond donors (Lipinski definition) is 1. The van der Waals surface area contributed by atoms with E-state index in [1.807, 2.05) is 42.5 Å². The molecule has 1 heterocycles. The molecule has 0 spiro atoms. The molecular formula is C31H35N3O5. The number of unbranched alkanes of at least 4 members (excludes halogenated alkanes) is 3. The van der Waals surface area contributed by atoms with Gasteiger partial charge in [-0.3, -0.25) is 4.79 Å². The van der Waals surface area contributed by atoms with Crippen molar-refractivity contribution in [3.05, 3.63) is 60.2 Å². The Balaban J connectivity index is 1.81. The van der Waals surface area contributed by atoms with Gasteiger partial charge in [0.15, 0.2) is 23.0 Å². The molecule has 3 aromatic carbocycles. The van der Waals surface area contributed by atoms with E-state index < -0.39 is 0 Å². The molecule has 8 heteroatoms. The molecule has 0 aliphatic heterocycles. The summed E-state index contributed by atoms with van der Waals surface area (Å²) in [5, 5.41) is 3.01. The Kier molecular flexibility index (Phi) is 9.20. The van der Waals surface area contributed by atoms with Crippen LogP contribution in [0, 0.1) is 0 Å². The van der Waals surface area contributed by atoms with Gasteiger partial charge in [-0.25, -0.2) is 9.97 Å². The van der Waals surface area contributed by atoms with Gasteiger partial charge in [0.25, 0.3) is 5.91 Å². The van der Waals surface area contributed by atoms with Crippen molar-refractivity contribution in [2.24, 2.45) is 0 Å². The molecule has 4 rings (SSSR count). The first-order chi connectivity index (χ1) is 19.0. The van der Waals surface area contributed by atoms with Crippen molar-refractivity contribution in [1.29, 1.82) is 0 Å². The molecule has 0 saturated carbocycles. The van der Waals surface area contributed by atoms with Crippen molar-refractivity contribution in [1.82, 2.24) is 15.3 Å². The molecular weight excluding hydrogens is 494 g/mol. The predicted octanol–water partition coefficient (Wildman–Crippen LogP) is 6.31. The van der Waals surface area contributed by atoms with Crippen molar-refractivity contribution >= 4 is 16.9 Å². The number of carbonyl (C=O) groups is 1. The first kappa shape index (κ1) is 27.7. The fraction of sp³-hybridized carbons (Fsp3) is 0.323. The third-order valence-corrected chi connectivity index (χ3v) is 6.56. The zero-order chi connectivity index (χ0) is 27.8. The highest BCUT2D eigenvalue weighted by Gasteiger charge is 2.18. The monoisotopic (exact) mass is 529 g/mol. The SMILES string of the molecule is CCCCCCNC(=O)c1ccc2nc(-c3ccc(OC)c(OC)c3)c(-c3ccc(OC)c(OC)c3)nc2c1. The molecule has 0 bridgehead atoms. The summed E-state index contributed by atoms with van der Waals surface area (Å²) >= 11 is 0. The highest BCUT2D eigenvalue weighted by Crippen LogP contribution is 2.39. The Hall–Kier alpha value is -4.33. The van der Waals surface area contributed by atoms with Gasteiger partial charge in [-0.05, 0) is 61.0 Å². The third-order valence-electron chi connectivity index (χ3n) is 6.56. The van der Waals surface area contributed by atoms with E-state index in [9.17, 15) is 4.79 Å². The smallest absolute Gasteiger partial charge is 0.251 e. The average Bonchev–Trinajstić information content (AvgIpc) is 2.99. The van der Waals surface area contributed by atoms with Crippen LogP contribution in [0.2, 0.25) is 0 Å². The lowest BCUT2D eigenvalue weighted by Gasteiger charge is -2.15. The molecule has 0 aliphatic carbocycles. The molecule has 1 aromatic heterocycles. The minimum atomic E-state index is -0.119. The number of aromatic nitrogens is 2. The summed E-state index contributed by atoms with van der Waals surface area (Å²) < 4.78 is 21.9. The van der Waals surface area contributed by atoms with Gasteiger partial charge >= 0.3 is 0 Å². The zero-order valence-electron chi connectivity index (χ0n) is 23.2. The molecule has 0 fully saturated rings. The van der Waals surface area contributed by atoms with Gasteiger partial charge in [0, 0.05) is 23.2 Å². The molecule has 0 radical (unpaired) electrons. The lowest BCUT2D eigenvalue weighted by molar-refractivity contribution is 0.0953. The van der Waals surface area contributed by atoms with E-state index in [4.69, 9.17) is 28.9 Å². The number of rotatable bonds is 12. The molecule has 4 aromatic rings. The summed E-state index contributed by atoms with van der Waals surface area (Å²) in [5.74, 6) is 2.27. The minimum Gasteiger partial charge on any atom is -0.493 e. The standard InChI is InChI=1S/C31H35N3O5/c1-6-7-8-9-16-32-31(35)22-10-13-23-24(17-22)34-30(21-12-15-26(37-3)28(19-21)39-5)29(33-23)20-11-14-25(36-2)27(18-20)38-4/h10-15,17-19H,6-9,16H2,1-5H3,(H,32,35). The molecule has 0 saturated heterocycles. The Morgan fingerprint density at radius 3 is 1.77 bits per heavy atom. The molecule has 8 nitrogen and oxygen atoms in total. The van der Waals surface area contributed by atoms with Crippen molar-refractivity contribution < 1.29 is 23.7 Å². The average molecular weight is 530 g/mol. The largest absolute Gasteiger partial charge is 0.493 e. The van der Waals surface area contributed by atoms with E-state index in [0.29, 0.717) is 57.5 Å². The van der Waals surface area contributed by atoms with Crippen LogP contribution in [-0.2, 0) is 0 Å². The van der Waals surface area contributed by atoms with E-state index in [0.717, 1.165) is 30.4 Å². The van der Waals surface area contributed by atoms with Crippen molar-refractivity contribution in [2.75, 3.05) is 35.0 Å². The number of ether oxygens (including phenoxy) is 4. The number of carbonyl (C=O) groups excluding carboxylic acids is 1. The number of methoxy groups -OCH3 is 4. The maximum Gasteiger partial charge on any atom is 0.251 e. The number of nitrogens with zero attached hydrogens (tertiary/aromatic N) is 2. The zero-order valence-corrected chi connectivity index (χ0v) is 23.2. The van der Waals surface area contributed by atoms with Gasteiger partial charge in [0.2, 0.25) is 0 Å². The number of nitrogens with one attached hydrogen (secondary N) is 1. The minimum absolute atomic E-state index is 0.119. The van der Waals surface area contributed by atoms with Crippen molar-refractivity contribution in [2.45, 2.75) is 32.6 Å². The first-order valence-electron chi connectivity index (χ1n) is 13.1. The molecule has 0 unspecified atom stereocenters. The van der Waals surface area contributed by atoms with Crippen LogP contribution < -0.4 is 24.3 Å². The topological polar surface area (TPSA) is 91.8 Å². The van der Waals surface area contributed by atoms with Crippen LogP contribution >= 0.6 is 0 Å². The van der Waals surface area contributed by atoms with Crippen LogP contribution in [-0.4, -0.2) is 50.9 Å². The summed E-state index contributed by atoms with van der Waals surface area (Å²) in [4.78, 5) is 22.8. The highest BCUT2D eigenvalue weighted by molar-refractivity contribution is 5.98. The molecule has 39 heavy (non-hydrogen) atoms. The Labute approximate surface area is 229 Å². The third kappa shape index (κ3) is 6.22. The van der Waals surface area contributed by atoms with Gasteiger partial charge in [0.05, 0.1) is 50.9 Å². The van der Waals surface area contributed by atoms with Crippen LogP contribution in [0.1, 0.15) is 43.0 Å². The number of hydrogen-bond acceptors (Lipinski definition) is 7. The molecule has 204 valence electrons. The second kappa shape index (κ2) is 13.0. The summed E-state index contributed by atoms with van der Waals surface area (Å²) in [6, 6.07) is 16.6. The fourth-order valence-electron chi connectivity index (χ4n) is 4.42. The van der Waals surface area contributed by atoms with E-state index in [-0.39, 0.29) is 5.91 Å². The van der Waals surface area contributed by atoms with Crippen molar-refractivity contribution in [3.8, 4) is 45.5 Å². The maximum atomic E-state index is 12.8. The van der Waals surface area contributed by atoms with E-state index >= 15 is 0 Å². The second-order valence-electron chi connectivity index (χ2n) is 9.08. The number of fused-ring (bicyclic) bond motifs is 1. The van der Waals surface area contributed by atoms with Gasteiger partial charge in [-0.15, -0.1) is 0 Å². The number of amides is 1. The predicted molar refractivity (Wildman–Crippen MR) is 153 cm³/mol. The van der Waals surface area contributed by atoms with Gasteiger partial charge in [-0.1, -0.05) is 26.2 Å². The summed E-state index contributed by atoms with van der Waals surface area (Å²) in [7, 11) is 6.38. The Bertz CT molecular complexity index is 1450. The van der Waals surface area contributed by atoms with Gasteiger partial charge in [-0.2, -0.15) is 0 Å². The summed E-state index contributed by atoms with van der Waals surface area (Å²) in [6.45, 7) is 2.82. The van der Waals surface area contributed by atoms with Crippen LogP contribution in [0.5, 0.6) is 23.0 Å². The van der Waals surface area contributed by atoms with Crippen LogP contribution in [0.25, 0.3) is 33.5 Å². The van der Waals surface area contributed by atoms with E-state index in [1.165, 1.54) is 6.42 Å². The highest BCUT2D eigenvalue weighted by atomic mass is 16.5. The lowest BCUT2D eigenvalue weighted by Crippen LogP contribution is -2.24. The van der Waals surface area contributed by atoms with E-state index in [2.05, 4.69) is 12.2 Å². The fourth-order valence-corrected chi connectivity index (χ4v) is 4.42. The molecule has 1 N–H and O–H groups in total. The second-order valence-corrected chi connectivity index (χ2v) is 9.08. The molecule has 0 atom stereocenters. The Morgan fingerprint density at radius 2 is 1.23 bits per heavy atom. The summed E-state index contributed by atoms with van der Waals surface area (Å²) in [6.07, 6.45) is 4.40. The van der Waals surface area contributed by atoms with Crippen LogP contribution in [0.15, 0.2) is 54.6 Å². The molecule has 0 aliphatic rings. The van der Waals surface area contributed by atoms with Gasteiger partial charge in [0.1, 0.15) is 0 Å². The summed E-state index contributed by atoms with van der Waals surface area (Å²) in [5.41, 5.74) is 4.71. The maximum absolute atomic E-state index is 12.8. The van der Waals surface area contributed by atoms with Crippen LogP contribution in [0.4, 0.5) is 0 Å². The first-order valence-corrected chi connectivity index (χ1v) is 13.1. The van der Waals surface area contributed by atoms with Crippen molar-refractivity contribution in [3.63, 3.8) is 0 Å². The molecule has 1 amide bonds.